The number of fused-ring (bicyclic) bond motifs is 7. The highest BCUT2D eigenvalue weighted by Gasteiger charge is 2.39. The molecule has 0 bridgehead atoms. The van der Waals surface area contributed by atoms with Crippen molar-refractivity contribution in [1.29, 1.82) is 0 Å². The van der Waals surface area contributed by atoms with E-state index in [0.717, 1.165) is 30.6 Å². The molecule has 1 aliphatic heterocycles. The number of hydrogen-bond donors (Lipinski definition) is 0. The molecule has 0 saturated heterocycles. The lowest BCUT2D eigenvalue weighted by Gasteiger charge is -2.28. The van der Waals surface area contributed by atoms with Crippen molar-refractivity contribution in [2.45, 2.75) is 71.6 Å². The highest BCUT2D eigenvalue weighted by atomic mass is 15.1. The summed E-state index contributed by atoms with van der Waals surface area (Å²) in [7, 11) is 0. The van der Waals surface area contributed by atoms with Crippen LogP contribution >= 0.6 is 0 Å². The van der Waals surface area contributed by atoms with Gasteiger partial charge in [0.15, 0.2) is 0 Å². The lowest BCUT2D eigenvalue weighted by Crippen LogP contribution is -2.18. The van der Waals surface area contributed by atoms with Crippen LogP contribution in [-0.4, -0.2) is 4.57 Å². The van der Waals surface area contributed by atoms with Gasteiger partial charge in [0.1, 0.15) is 0 Å². The van der Waals surface area contributed by atoms with Crippen molar-refractivity contribution in [3.63, 3.8) is 0 Å². The van der Waals surface area contributed by atoms with E-state index in [1.807, 2.05) is 0 Å². The van der Waals surface area contributed by atoms with E-state index >= 15 is 0 Å². The zero-order valence-electron chi connectivity index (χ0n) is 38.5. The van der Waals surface area contributed by atoms with Gasteiger partial charge in [0.2, 0.25) is 0 Å². The Hall–Kier alpha value is -7.34. The van der Waals surface area contributed by atoms with Crippen LogP contribution < -0.4 is 4.90 Å². The summed E-state index contributed by atoms with van der Waals surface area (Å²) in [5.41, 5.74) is 25.7. The summed E-state index contributed by atoms with van der Waals surface area (Å²) in [6.07, 6.45) is 26.5. The summed E-state index contributed by atoms with van der Waals surface area (Å²) in [6.45, 7) is 18.5. The third kappa shape index (κ3) is 6.64. The summed E-state index contributed by atoms with van der Waals surface area (Å²) in [5.74, 6) is 0. The SMILES string of the molecule is C#C.C=C1/C=C\C=C/Cc2ccccc2N1c1ccc2c(c1)-c1cc(-c3cccc(-c4ccc5c(c4)C4=C(CCC(n6c(/C=C\C)c(C)c7ccccc76)=C4)C5(C)C)c3)ccc1C2(C)C. The molecule has 0 fully saturated rings. The third-order valence-corrected chi connectivity index (χ3v) is 14.6. The fourth-order valence-corrected chi connectivity index (χ4v) is 11.4. The van der Waals surface area contributed by atoms with Gasteiger partial charge >= 0.3 is 0 Å². The minimum absolute atomic E-state index is 0.0153. The average molecular weight is 841 g/mol. The van der Waals surface area contributed by atoms with E-state index in [-0.39, 0.29) is 10.8 Å². The maximum absolute atomic E-state index is 4.55. The Kier molecular flexibility index (Phi) is 10.3. The van der Waals surface area contributed by atoms with Crippen molar-refractivity contribution < 1.29 is 0 Å². The molecule has 0 atom stereocenters. The molecule has 2 heterocycles. The molecule has 3 aliphatic carbocycles. The Morgan fingerprint density at radius 3 is 2.05 bits per heavy atom. The second-order valence-electron chi connectivity index (χ2n) is 18.9. The minimum atomic E-state index is -0.114. The number of hydrogen-bond acceptors (Lipinski definition) is 1. The summed E-state index contributed by atoms with van der Waals surface area (Å²) < 4.78 is 2.52. The van der Waals surface area contributed by atoms with Crippen LogP contribution in [0, 0.1) is 19.8 Å². The summed E-state index contributed by atoms with van der Waals surface area (Å²) >= 11 is 0. The van der Waals surface area contributed by atoms with Gasteiger partial charge in [-0.05, 0) is 166 Å². The number of allylic oxidation sites excluding steroid dienone is 9. The van der Waals surface area contributed by atoms with Crippen LogP contribution in [0.2, 0.25) is 0 Å². The van der Waals surface area contributed by atoms with Gasteiger partial charge in [-0.3, -0.25) is 0 Å². The smallest absolute Gasteiger partial charge is 0.0534 e. The topological polar surface area (TPSA) is 8.17 Å². The first kappa shape index (κ1) is 41.7. The maximum atomic E-state index is 4.55. The molecule has 0 radical (unpaired) electrons. The van der Waals surface area contributed by atoms with Gasteiger partial charge in [0.25, 0.3) is 0 Å². The molecule has 65 heavy (non-hydrogen) atoms. The number of anilines is 2. The van der Waals surface area contributed by atoms with Crippen molar-refractivity contribution in [3.8, 4) is 46.2 Å². The quantitative estimate of drug-likeness (QED) is 0.157. The Morgan fingerprint density at radius 2 is 1.29 bits per heavy atom. The van der Waals surface area contributed by atoms with E-state index in [1.54, 1.807) is 5.57 Å². The fourth-order valence-electron chi connectivity index (χ4n) is 11.4. The molecule has 4 aliphatic rings. The zero-order chi connectivity index (χ0) is 45.2. The van der Waals surface area contributed by atoms with Crippen LogP contribution in [0.15, 0.2) is 182 Å². The van der Waals surface area contributed by atoms with Crippen LogP contribution in [0.1, 0.15) is 86.5 Å². The Balaban J connectivity index is 0.00000246. The van der Waals surface area contributed by atoms with E-state index in [1.165, 1.54) is 100 Å². The molecule has 6 aromatic carbocycles. The Bertz CT molecular complexity index is 3290. The maximum Gasteiger partial charge on any atom is 0.0534 e. The van der Waals surface area contributed by atoms with Gasteiger partial charge in [-0.1, -0.05) is 149 Å². The predicted molar refractivity (Wildman–Crippen MR) is 279 cm³/mol. The number of aryl methyl sites for hydroxylation is 1. The van der Waals surface area contributed by atoms with Gasteiger partial charge in [0.05, 0.1) is 5.52 Å². The van der Waals surface area contributed by atoms with Crippen molar-refractivity contribution in [3.05, 3.63) is 221 Å². The summed E-state index contributed by atoms with van der Waals surface area (Å²) in [4.78, 5) is 2.32. The molecule has 318 valence electrons. The third-order valence-electron chi connectivity index (χ3n) is 14.6. The second kappa shape index (κ2) is 16.0. The number of rotatable bonds is 5. The molecule has 11 rings (SSSR count). The fraction of sp³-hybridized carbons (Fsp3) is 0.175. The molecule has 1 aromatic heterocycles. The highest BCUT2D eigenvalue weighted by Crippen LogP contribution is 2.54. The molecular weight excluding hydrogens is 785 g/mol. The molecule has 0 unspecified atom stereocenters. The van der Waals surface area contributed by atoms with Crippen molar-refractivity contribution >= 4 is 39.6 Å². The predicted octanol–water partition coefficient (Wildman–Crippen LogP) is 16.6. The molecule has 2 nitrogen and oxygen atoms in total. The number of benzene rings is 6. The normalized spacial score (nSPS) is 17.4. The number of aromatic nitrogens is 1. The minimum Gasteiger partial charge on any atom is -0.313 e. The van der Waals surface area contributed by atoms with E-state index in [0.29, 0.717) is 0 Å². The van der Waals surface area contributed by atoms with Gasteiger partial charge in [0, 0.05) is 44.7 Å². The largest absolute Gasteiger partial charge is 0.313 e. The summed E-state index contributed by atoms with van der Waals surface area (Å²) in [6, 6.07) is 48.1. The zero-order valence-corrected chi connectivity index (χ0v) is 38.5. The molecule has 0 amide bonds. The highest BCUT2D eigenvalue weighted by molar-refractivity contribution is 5.97. The Labute approximate surface area is 386 Å². The van der Waals surface area contributed by atoms with E-state index < -0.39 is 0 Å². The van der Waals surface area contributed by atoms with Crippen LogP contribution in [0.4, 0.5) is 11.4 Å². The van der Waals surface area contributed by atoms with Crippen LogP contribution in [0.5, 0.6) is 0 Å². The lowest BCUT2D eigenvalue weighted by molar-refractivity contribution is 0.607. The Morgan fingerprint density at radius 1 is 0.646 bits per heavy atom. The number of terminal acetylenes is 1. The van der Waals surface area contributed by atoms with Gasteiger partial charge in [-0.2, -0.15) is 0 Å². The molecule has 0 spiro atoms. The molecule has 2 heteroatoms. The van der Waals surface area contributed by atoms with Crippen molar-refractivity contribution in [1.82, 2.24) is 4.57 Å². The molecule has 0 N–H and O–H groups in total. The summed E-state index contributed by atoms with van der Waals surface area (Å²) in [5, 5.41) is 1.33. The molecule has 7 aromatic rings. The second-order valence-corrected chi connectivity index (χ2v) is 18.9. The monoisotopic (exact) mass is 840 g/mol. The van der Waals surface area contributed by atoms with Crippen molar-refractivity contribution in [2.24, 2.45) is 0 Å². The van der Waals surface area contributed by atoms with Crippen LogP contribution in [0.3, 0.4) is 0 Å². The first-order valence-electron chi connectivity index (χ1n) is 23.0. The first-order valence-corrected chi connectivity index (χ1v) is 23.0. The van der Waals surface area contributed by atoms with Crippen LogP contribution in [0.25, 0.3) is 61.6 Å². The van der Waals surface area contributed by atoms with Crippen LogP contribution in [-0.2, 0) is 17.3 Å². The molecule has 0 saturated carbocycles. The average Bonchev–Trinajstić information content (AvgIpc) is 3.86. The lowest BCUT2D eigenvalue weighted by atomic mass is 9.78. The van der Waals surface area contributed by atoms with Crippen molar-refractivity contribution in [2.75, 3.05) is 4.90 Å². The molecular formula is C63H56N2. The van der Waals surface area contributed by atoms with Gasteiger partial charge < -0.3 is 9.47 Å². The van der Waals surface area contributed by atoms with E-state index in [9.17, 15) is 0 Å². The standard InChI is InChI=1S/C61H54N2.C2H2/c1-8-17-57-40(3)48-23-13-15-25-59(48)63(57)47-29-33-56-52(38-47)50-36-45(27-31-54(50)61(56,6)7)43-22-16-21-42(34-43)44-26-30-53-49(35-44)51-37-46(28-32-55(51)60(53,4)5)62-39(2)18-10-9-11-19-41-20-12-14-24-58(41)62;1-2/h8-18,20-28,30-32,34-38H,2,19,29,33H2,1,3-7H3;1-2H/b11-9-,17-8-,18-10-;. The van der Waals surface area contributed by atoms with Gasteiger partial charge in [-0.25, -0.2) is 0 Å². The first-order chi connectivity index (χ1) is 31.5. The van der Waals surface area contributed by atoms with E-state index in [2.05, 4.69) is 240 Å². The van der Waals surface area contributed by atoms with Gasteiger partial charge in [-0.15, -0.1) is 12.8 Å². The van der Waals surface area contributed by atoms with E-state index in [4.69, 9.17) is 0 Å². The number of para-hydroxylation sites is 2. The number of nitrogens with zero attached hydrogens (tertiary/aromatic N) is 2.